The minimum atomic E-state index is -2.41. The first-order valence-electron chi connectivity index (χ1n) is 48.0. The van der Waals surface area contributed by atoms with E-state index in [0.717, 1.165) is 79.5 Å². The molecule has 0 spiro atoms. The second-order valence-electron chi connectivity index (χ2n) is 40.6. The summed E-state index contributed by atoms with van der Waals surface area (Å²) in [6, 6.07) is 16.9. The fraction of sp³-hybridized carbons (Fsp3) is 0.524. The molecule has 14 aromatic heterocycles. The van der Waals surface area contributed by atoms with Crippen molar-refractivity contribution in [2.75, 3.05) is 6.61 Å². The maximum absolute atomic E-state index is 13.6. The molecule has 26 rings (SSSR count). The summed E-state index contributed by atoms with van der Waals surface area (Å²) in [7, 11) is 0. The normalized spacial score (nSPS) is 22.0. The summed E-state index contributed by atoms with van der Waals surface area (Å²) in [5, 5.41) is 10.7. The molecule has 0 amide bonds. The number of fused-ring (bicyclic) bond motifs is 21. The van der Waals surface area contributed by atoms with Crippen LogP contribution in [-0.2, 0) is 4.74 Å². The summed E-state index contributed by atoms with van der Waals surface area (Å²) in [5.74, 6) is -2.15. The lowest BCUT2D eigenvalue weighted by atomic mass is 9.83. The molecule has 7 atom stereocenters. The highest BCUT2D eigenvalue weighted by atomic mass is 32.1. The van der Waals surface area contributed by atoms with Crippen molar-refractivity contribution < 1.29 is 31.1 Å². The number of hydrogen-bond donors (Lipinski definition) is 0. The molecule has 0 unspecified atom stereocenters. The standard InChI is InChI=1S/2C16H18F2N2S.2C16H19FN2S.C15H18N2OS.2C12H14N2S/c2*17-16(18)6-3-11(4-7-16)1-2-13-15-12(5-8-21-15)14-9-19-10-20(13)14;2*17-15-8-12-14-9-18-10-19(14)13(16(12)20-15)7-6-11-4-2-1-3-5-11;1-2-4-11(5-3-1)18-9-14-15-12(6-7-19-15)13-8-16-10-17(13)14;2*1-12(2,3)11-10-8(4-5-15-10)9-6-13-7-14(9)11/h2*5,8-11,13H,1-4,6-7H2;2*8-11,13H,1-7H2;6-8,10-11,14H,1-5,9H2;2*4-7,11H,1-3H3/t4*13-;14-;2*11-/m1010110/s1. The van der Waals surface area contributed by atoms with Crippen LogP contribution in [0.2, 0.25) is 0 Å². The third-order valence-electron chi connectivity index (χ3n) is 30.0. The lowest BCUT2D eigenvalue weighted by Gasteiger charge is -2.29. The topological polar surface area (TPSA) is 134 Å². The van der Waals surface area contributed by atoms with Crippen molar-refractivity contribution in [3.8, 4) is 78.8 Å². The van der Waals surface area contributed by atoms with Crippen LogP contribution < -0.4 is 0 Å². The molecule has 0 saturated heterocycles. The van der Waals surface area contributed by atoms with E-state index in [1.165, 1.54) is 222 Å². The molecule has 28 heteroatoms. The number of alkyl halides is 4. The largest absolute Gasteiger partial charge is 0.376 e. The third-order valence-corrected chi connectivity index (χ3v) is 37.0. The molecule has 21 heterocycles. The van der Waals surface area contributed by atoms with Crippen molar-refractivity contribution >= 4 is 79.4 Å². The number of ether oxygens (including phenoxy) is 1. The zero-order valence-corrected chi connectivity index (χ0v) is 81.6. The average molecular weight is 1910 g/mol. The smallest absolute Gasteiger partial charge is 0.248 e. The van der Waals surface area contributed by atoms with E-state index in [2.05, 4.69) is 166 Å². The van der Waals surface area contributed by atoms with E-state index < -0.39 is 11.8 Å². The predicted molar refractivity (Wildman–Crippen MR) is 521 cm³/mol. The second kappa shape index (κ2) is 38.6. The van der Waals surface area contributed by atoms with Gasteiger partial charge in [-0.2, -0.15) is 8.78 Å². The number of imidazole rings is 7. The van der Waals surface area contributed by atoms with E-state index in [-0.39, 0.29) is 46.8 Å². The van der Waals surface area contributed by atoms with E-state index in [0.29, 0.717) is 85.9 Å². The fourth-order valence-corrected chi connectivity index (χ4v) is 30.9. The van der Waals surface area contributed by atoms with Gasteiger partial charge in [-0.25, -0.2) is 52.4 Å². The Bertz CT molecular complexity index is 5610. The molecule has 7 aliphatic heterocycles. The van der Waals surface area contributed by atoms with Gasteiger partial charge in [-0.15, -0.1) is 79.4 Å². The van der Waals surface area contributed by atoms with Gasteiger partial charge in [0.25, 0.3) is 0 Å². The average Bonchev–Trinajstić information content (AvgIpc) is 1.59. The molecule has 14 aromatic rings. The molecule has 131 heavy (non-hydrogen) atoms. The Morgan fingerprint density at radius 2 is 0.573 bits per heavy atom. The predicted octanol–water partition coefficient (Wildman–Crippen LogP) is 31.3. The van der Waals surface area contributed by atoms with Crippen molar-refractivity contribution in [2.24, 2.45) is 34.5 Å². The van der Waals surface area contributed by atoms with E-state index in [1.807, 2.05) is 122 Å². The number of aromatic nitrogens is 14. The summed E-state index contributed by atoms with van der Waals surface area (Å²) < 4.78 is 102. The highest BCUT2D eigenvalue weighted by Gasteiger charge is 2.43. The van der Waals surface area contributed by atoms with Gasteiger partial charge in [-0.1, -0.05) is 125 Å². The Hall–Kier alpha value is -8.09. The maximum Gasteiger partial charge on any atom is 0.248 e. The second-order valence-corrected chi connectivity index (χ2v) is 47.4. The van der Waals surface area contributed by atoms with Gasteiger partial charge >= 0.3 is 0 Å². The van der Waals surface area contributed by atoms with Gasteiger partial charge in [0, 0.05) is 98.8 Å². The van der Waals surface area contributed by atoms with Gasteiger partial charge in [-0.3, -0.25) is 0 Å². The van der Waals surface area contributed by atoms with Crippen LogP contribution in [0.15, 0.2) is 157 Å². The summed E-state index contributed by atoms with van der Waals surface area (Å²) in [6.45, 7) is 14.5. The number of thiophene rings is 7. The van der Waals surface area contributed by atoms with Gasteiger partial charge in [0.05, 0.1) is 183 Å². The van der Waals surface area contributed by atoms with E-state index in [4.69, 9.17) is 4.74 Å². The molecular formula is C103H120F6N14OS7. The first kappa shape index (κ1) is 90.7. The number of hydrogen-bond acceptors (Lipinski definition) is 15. The Morgan fingerprint density at radius 3 is 0.901 bits per heavy atom. The molecule has 12 aliphatic rings. The third kappa shape index (κ3) is 18.9. The molecule has 0 radical (unpaired) electrons. The lowest BCUT2D eigenvalue weighted by molar-refractivity contribution is -0.0473. The van der Waals surface area contributed by atoms with Crippen molar-refractivity contribution in [2.45, 2.75) is 301 Å². The zero-order chi connectivity index (χ0) is 89.9. The summed E-state index contributed by atoms with van der Waals surface area (Å²) >= 11 is 11.8. The van der Waals surface area contributed by atoms with E-state index in [1.54, 1.807) is 34.8 Å². The number of nitrogens with zero attached hydrogens (tertiary/aromatic N) is 14. The van der Waals surface area contributed by atoms with Gasteiger partial charge in [-0.05, 0) is 194 Å². The van der Waals surface area contributed by atoms with Crippen molar-refractivity contribution in [3.05, 3.63) is 201 Å². The van der Waals surface area contributed by atoms with Crippen LogP contribution in [0, 0.1) is 44.8 Å². The molecule has 5 fully saturated rings. The van der Waals surface area contributed by atoms with Crippen molar-refractivity contribution in [3.63, 3.8) is 0 Å². The van der Waals surface area contributed by atoms with E-state index in [9.17, 15) is 26.3 Å². The highest BCUT2D eigenvalue weighted by Crippen LogP contribution is 2.56. The quantitative estimate of drug-likeness (QED) is 0.0927. The Balaban J connectivity index is 0.0000000957. The van der Waals surface area contributed by atoms with Gasteiger partial charge < -0.3 is 36.7 Å². The summed E-state index contributed by atoms with van der Waals surface area (Å²) in [4.78, 5) is 39.4. The highest BCUT2D eigenvalue weighted by molar-refractivity contribution is 7.12. The molecule has 5 saturated carbocycles. The molecular weight excluding hydrogens is 1790 g/mol. The molecule has 5 aliphatic carbocycles. The maximum atomic E-state index is 13.6. The first-order valence-corrected chi connectivity index (χ1v) is 54.1. The van der Waals surface area contributed by atoms with Gasteiger partial charge in [0.2, 0.25) is 11.8 Å². The number of halogens is 6. The SMILES string of the molecule is CC(C)(C)[C@@H]1c2sccc2-c2cncn21.CC(C)(C)[C@H]1c2sccc2-c2cncn21.FC1(F)CCC(CC[C@@H]2c3sccc3-c3cncn32)CC1.FC1(F)CCC(CC[C@H]2c3sccc3-c3cncn32)CC1.Fc1cc2c(s1)[C@@H](CCC1CCCCC1)n1cncc1-2.Fc1cc2c(s1)[C@H](CCC1CCCCC1)n1cncc1-2.c1cc2c(s1)[C@@H](COC1CCCCC1)n1cncc1-2. The van der Waals surface area contributed by atoms with Gasteiger partial charge in [0.15, 0.2) is 10.3 Å². The van der Waals surface area contributed by atoms with Crippen molar-refractivity contribution in [1.82, 2.24) is 66.9 Å². The molecule has 0 N–H and O–H groups in total. The molecule has 0 aromatic carbocycles. The van der Waals surface area contributed by atoms with Gasteiger partial charge in [0.1, 0.15) is 0 Å². The van der Waals surface area contributed by atoms with Crippen LogP contribution in [0.3, 0.4) is 0 Å². The fourth-order valence-electron chi connectivity index (χ4n) is 23.3. The van der Waals surface area contributed by atoms with Crippen LogP contribution in [0.5, 0.6) is 0 Å². The van der Waals surface area contributed by atoms with Crippen LogP contribution in [-0.4, -0.2) is 91.4 Å². The van der Waals surface area contributed by atoms with Crippen LogP contribution >= 0.6 is 79.4 Å². The van der Waals surface area contributed by atoms with Crippen LogP contribution in [0.1, 0.15) is 317 Å². The first-order chi connectivity index (χ1) is 63.5. The minimum Gasteiger partial charge on any atom is -0.376 e. The number of rotatable bonds is 15. The Labute approximate surface area is 793 Å². The van der Waals surface area contributed by atoms with Crippen LogP contribution in [0.25, 0.3) is 78.8 Å². The van der Waals surface area contributed by atoms with Crippen molar-refractivity contribution in [1.29, 1.82) is 0 Å². The molecule has 692 valence electrons. The zero-order valence-electron chi connectivity index (χ0n) is 75.9. The van der Waals surface area contributed by atoms with E-state index >= 15 is 0 Å². The molecule has 15 nitrogen and oxygen atoms in total. The Kier molecular flexibility index (Phi) is 26.7. The summed E-state index contributed by atoms with van der Waals surface area (Å²) in [6.07, 6.45) is 59.8. The molecule has 0 bridgehead atoms. The van der Waals surface area contributed by atoms with Crippen LogP contribution in [0.4, 0.5) is 26.3 Å². The monoisotopic (exact) mass is 1910 g/mol. The minimum absolute atomic E-state index is 0.0647. The lowest BCUT2D eigenvalue weighted by Crippen LogP contribution is -2.24. The summed E-state index contributed by atoms with van der Waals surface area (Å²) in [5.41, 5.74) is 17.7. The Morgan fingerprint density at radius 1 is 0.313 bits per heavy atom.